The fourth-order valence-electron chi connectivity index (χ4n) is 2.37. The lowest BCUT2D eigenvalue weighted by Gasteiger charge is -2.19. The van der Waals surface area contributed by atoms with Crippen LogP contribution in [0.3, 0.4) is 0 Å². The minimum Gasteiger partial charge on any atom is -0.480 e. The summed E-state index contributed by atoms with van der Waals surface area (Å²) >= 11 is 0. The molecular weight excluding hydrogens is 260 g/mol. The first-order valence-electron chi connectivity index (χ1n) is 6.71. The van der Waals surface area contributed by atoms with Crippen molar-refractivity contribution in [1.29, 1.82) is 0 Å². The average molecular weight is 278 g/mol. The first-order valence-corrected chi connectivity index (χ1v) is 6.71. The van der Waals surface area contributed by atoms with Gasteiger partial charge in [-0.1, -0.05) is 6.92 Å². The summed E-state index contributed by atoms with van der Waals surface area (Å²) in [4.78, 5) is 31.4. The molecule has 0 unspecified atom stereocenters. The Morgan fingerprint density at radius 1 is 1.35 bits per heavy atom. The summed E-state index contributed by atoms with van der Waals surface area (Å²) in [5.74, 6) is -1.50. The van der Waals surface area contributed by atoms with Crippen molar-refractivity contribution in [3.8, 4) is 0 Å². The number of nitrogen functional groups attached to an aromatic ring is 1. The van der Waals surface area contributed by atoms with Gasteiger partial charge < -0.3 is 16.2 Å². The molecular formula is C13H18N4O3. The molecule has 1 aliphatic carbocycles. The molecule has 7 nitrogen and oxygen atoms in total. The van der Waals surface area contributed by atoms with Crippen LogP contribution in [0.4, 0.5) is 5.95 Å². The van der Waals surface area contributed by atoms with Crippen molar-refractivity contribution in [2.45, 2.75) is 45.1 Å². The average Bonchev–Trinajstić information content (AvgIpc) is 2.43. The standard InChI is InChI=1S/C13H18N4O3/c1-2-8(12(19)20)15-11(18)10-7-5-3-4-6-9(7)16-13(14)17-10/h8H,2-6H2,1H3,(H,15,18)(H,19,20)(H2,14,16,17)/t8-/m1/s1. The van der Waals surface area contributed by atoms with Gasteiger partial charge in [0.1, 0.15) is 11.7 Å². The molecule has 1 amide bonds. The smallest absolute Gasteiger partial charge is 0.326 e. The SMILES string of the molecule is CC[C@@H](NC(=O)c1nc(N)nc2c1CCCC2)C(=O)O. The van der Waals surface area contributed by atoms with Crippen LogP contribution in [-0.4, -0.2) is 33.0 Å². The molecule has 1 aliphatic rings. The Hall–Kier alpha value is -2.18. The summed E-state index contributed by atoms with van der Waals surface area (Å²) in [5, 5.41) is 11.5. The first-order chi connectivity index (χ1) is 9.52. The van der Waals surface area contributed by atoms with E-state index >= 15 is 0 Å². The quantitative estimate of drug-likeness (QED) is 0.739. The molecule has 1 atom stereocenters. The van der Waals surface area contributed by atoms with Crippen LogP contribution in [0, 0.1) is 0 Å². The van der Waals surface area contributed by atoms with E-state index < -0.39 is 17.9 Å². The van der Waals surface area contributed by atoms with Crippen molar-refractivity contribution in [2.75, 3.05) is 5.73 Å². The number of hydrogen-bond donors (Lipinski definition) is 3. The molecule has 0 saturated carbocycles. The fourth-order valence-corrected chi connectivity index (χ4v) is 2.37. The summed E-state index contributed by atoms with van der Waals surface area (Å²) in [6.45, 7) is 1.70. The summed E-state index contributed by atoms with van der Waals surface area (Å²) < 4.78 is 0. The zero-order valence-electron chi connectivity index (χ0n) is 11.3. The number of aromatic nitrogens is 2. The number of aryl methyl sites for hydroxylation is 1. The second-order valence-corrected chi connectivity index (χ2v) is 4.84. The van der Waals surface area contributed by atoms with Gasteiger partial charge in [0.25, 0.3) is 5.91 Å². The van der Waals surface area contributed by atoms with E-state index in [0.717, 1.165) is 36.9 Å². The Morgan fingerprint density at radius 2 is 2.05 bits per heavy atom. The third-order valence-corrected chi connectivity index (χ3v) is 3.43. The van der Waals surface area contributed by atoms with Crippen molar-refractivity contribution < 1.29 is 14.7 Å². The number of anilines is 1. The van der Waals surface area contributed by atoms with Gasteiger partial charge in [0.15, 0.2) is 0 Å². The van der Waals surface area contributed by atoms with Crippen LogP contribution in [0.5, 0.6) is 0 Å². The van der Waals surface area contributed by atoms with Gasteiger partial charge in [-0.15, -0.1) is 0 Å². The number of nitrogens with one attached hydrogen (secondary N) is 1. The molecule has 1 heterocycles. The summed E-state index contributed by atoms with van der Waals surface area (Å²) in [6, 6.07) is -0.919. The number of nitrogens with two attached hydrogens (primary N) is 1. The maximum atomic E-state index is 12.2. The number of aliphatic carboxylic acids is 1. The third-order valence-electron chi connectivity index (χ3n) is 3.43. The highest BCUT2D eigenvalue weighted by Crippen LogP contribution is 2.22. The largest absolute Gasteiger partial charge is 0.480 e. The monoisotopic (exact) mass is 278 g/mol. The molecule has 20 heavy (non-hydrogen) atoms. The van der Waals surface area contributed by atoms with Crippen molar-refractivity contribution in [3.05, 3.63) is 17.0 Å². The van der Waals surface area contributed by atoms with E-state index in [0.29, 0.717) is 6.42 Å². The number of nitrogens with zero attached hydrogens (tertiary/aromatic N) is 2. The van der Waals surface area contributed by atoms with E-state index in [2.05, 4.69) is 15.3 Å². The molecule has 0 bridgehead atoms. The van der Waals surface area contributed by atoms with Crippen molar-refractivity contribution >= 4 is 17.8 Å². The number of hydrogen-bond acceptors (Lipinski definition) is 5. The van der Waals surface area contributed by atoms with Crippen LogP contribution in [0.1, 0.15) is 47.9 Å². The predicted molar refractivity (Wildman–Crippen MR) is 72.3 cm³/mol. The lowest BCUT2D eigenvalue weighted by atomic mass is 9.94. The molecule has 7 heteroatoms. The van der Waals surface area contributed by atoms with Gasteiger partial charge in [0, 0.05) is 11.3 Å². The van der Waals surface area contributed by atoms with Crippen molar-refractivity contribution in [1.82, 2.24) is 15.3 Å². The first kappa shape index (κ1) is 14.2. The molecule has 0 saturated heterocycles. The van der Waals surface area contributed by atoms with Crippen molar-refractivity contribution in [2.24, 2.45) is 0 Å². The van der Waals surface area contributed by atoms with Crippen LogP contribution in [0.2, 0.25) is 0 Å². The fraction of sp³-hybridized carbons (Fsp3) is 0.538. The molecule has 1 aromatic rings. The van der Waals surface area contributed by atoms with Crippen molar-refractivity contribution in [3.63, 3.8) is 0 Å². The summed E-state index contributed by atoms with van der Waals surface area (Å²) in [6.07, 6.45) is 3.79. The molecule has 0 fully saturated rings. The van der Waals surface area contributed by atoms with E-state index in [4.69, 9.17) is 10.8 Å². The molecule has 1 aromatic heterocycles. The summed E-state index contributed by atoms with van der Waals surface area (Å²) in [5.41, 5.74) is 7.44. The van der Waals surface area contributed by atoms with Crippen LogP contribution in [0.15, 0.2) is 0 Å². The van der Waals surface area contributed by atoms with E-state index in [9.17, 15) is 9.59 Å². The highest BCUT2D eigenvalue weighted by molar-refractivity contribution is 5.96. The number of amides is 1. The topological polar surface area (TPSA) is 118 Å². The van der Waals surface area contributed by atoms with E-state index in [1.54, 1.807) is 6.92 Å². The Balaban J connectivity index is 2.30. The maximum Gasteiger partial charge on any atom is 0.326 e. The highest BCUT2D eigenvalue weighted by atomic mass is 16.4. The number of carbonyl (C=O) groups excluding carboxylic acids is 1. The Labute approximate surface area is 116 Å². The second-order valence-electron chi connectivity index (χ2n) is 4.84. The number of carboxylic acids is 1. The molecule has 4 N–H and O–H groups in total. The van der Waals surface area contributed by atoms with Gasteiger partial charge >= 0.3 is 5.97 Å². The highest BCUT2D eigenvalue weighted by Gasteiger charge is 2.25. The number of rotatable bonds is 4. The Morgan fingerprint density at radius 3 is 2.70 bits per heavy atom. The van der Waals surface area contributed by atoms with Gasteiger partial charge in [-0.25, -0.2) is 14.8 Å². The summed E-state index contributed by atoms with van der Waals surface area (Å²) in [7, 11) is 0. The Kier molecular flexibility index (Phi) is 4.16. The van der Waals surface area contributed by atoms with Gasteiger partial charge in [-0.3, -0.25) is 4.79 Å². The van der Waals surface area contributed by atoms with Crippen LogP contribution in [-0.2, 0) is 17.6 Å². The molecule has 2 rings (SSSR count). The Bertz CT molecular complexity index is 545. The zero-order chi connectivity index (χ0) is 14.7. The minimum absolute atomic E-state index is 0.0548. The molecule has 108 valence electrons. The molecule has 0 aliphatic heterocycles. The minimum atomic E-state index is -1.06. The molecule has 0 radical (unpaired) electrons. The lowest BCUT2D eigenvalue weighted by Crippen LogP contribution is -2.41. The van der Waals surface area contributed by atoms with Gasteiger partial charge in [0.05, 0.1) is 0 Å². The number of carbonyl (C=O) groups is 2. The number of fused-ring (bicyclic) bond motifs is 1. The van der Waals surface area contributed by atoms with Gasteiger partial charge in [-0.2, -0.15) is 0 Å². The maximum absolute atomic E-state index is 12.2. The van der Waals surface area contributed by atoms with E-state index in [-0.39, 0.29) is 11.6 Å². The lowest BCUT2D eigenvalue weighted by molar-refractivity contribution is -0.139. The van der Waals surface area contributed by atoms with E-state index in [1.165, 1.54) is 0 Å². The van der Waals surface area contributed by atoms with Crippen LogP contribution in [0.25, 0.3) is 0 Å². The van der Waals surface area contributed by atoms with Gasteiger partial charge in [-0.05, 0) is 32.1 Å². The van der Waals surface area contributed by atoms with Crippen LogP contribution < -0.4 is 11.1 Å². The van der Waals surface area contributed by atoms with Gasteiger partial charge in [0.2, 0.25) is 5.95 Å². The molecule has 0 aromatic carbocycles. The van der Waals surface area contributed by atoms with E-state index in [1.807, 2.05) is 0 Å². The zero-order valence-corrected chi connectivity index (χ0v) is 11.3. The predicted octanol–water partition coefficient (Wildman–Crippen LogP) is 0.531. The third kappa shape index (κ3) is 2.87. The van der Waals surface area contributed by atoms with Crippen LogP contribution >= 0.6 is 0 Å². The second kappa shape index (κ2) is 5.85. The normalized spacial score (nSPS) is 15.2. The number of carboxylic acid groups (broad SMARTS) is 1. The molecule has 0 spiro atoms.